The van der Waals surface area contributed by atoms with Gasteiger partial charge in [0.2, 0.25) is 0 Å². The molecule has 1 aromatic carbocycles. The summed E-state index contributed by atoms with van der Waals surface area (Å²) in [7, 11) is 2.07. The lowest BCUT2D eigenvalue weighted by atomic mass is 10.2. The first-order valence-electron chi connectivity index (χ1n) is 5.06. The Balaban J connectivity index is 2.11. The Kier molecular flexibility index (Phi) is 2.77. The first kappa shape index (κ1) is 9.84. The molecule has 2 heteroatoms. The van der Waals surface area contributed by atoms with Crippen LogP contribution in [0.4, 0.5) is 5.69 Å². The maximum Gasteiger partial charge on any atom is 0.123 e. The highest BCUT2D eigenvalue weighted by Gasteiger charge is 2.03. The van der Waals surface area contributed by atoms with E-state index in [1.807, 2.05) is 12.1 Å². The molecular weight excluding hydrogens is 186 g/mol. The molecule has 0 aliphatic carbocycles. The molecule has 0 saturated heterocycles. The van der Waals surface area contributed by atoms with Gasteiger partial charge in [-0.15, -0.1) is 0 Å². The lowest BCUT2D eigenvalue weighted by Gasteiger charge is -2.18. The molecule has 2 rings (SSSR count). The van der Waals surface area contributed by atoms with Crippen LogP contribution in [0.2, 0.25) is 0 Å². The van der Waals surface area contributed by atoms with E-state index < -0.39 is 0 Å². The predicted octanol–water partition coefficient (Wildman–Crippen LogP) is 3.22. The van der Waals surface area contributed by atoms with E-state index in [1.165, 1.54) is 11.3 Å². The third-order valence-corrected chi connectivity index (χ3v) is 2.42. The van der Waals surface area contributed by atoms with Crippen LogP contribution in [0.3, 0.4) is 0 Å². The van der Waals surface area contributed by atoms with Gasteiger partial charge in [0, 0.05) is 12.7 Å². The molecule has 15 heavy (non-hydrogen) atoms. The van der Waals surface area contributed by atoms with Crippen LogP contribution >= 0.6 is 0 Å². The molecule has 2 aromatic rings. The average Bonchev–Trinajstić information content (AvgIpc) is 2.70. The molecule has 78 valence electrons. The number of rotatable bonds is 3. The Morgan fingerprint density at radius 1 is 1.20 bits per heavy atom. The maximum atomic E-state index is 5.31. The van der Waals surface area contributed by atoms with Crippen molar-refractivity contribution in [1.29, 1.82) is 0 Å². The Labute approximate surface area is 90.1 Å². The van der Waals surface area contributed by atoms with E-state index in [4.69, 9.17) is 4.42 Å². The Morgan fingerprint density at radius 3 is 2.73 bits per heavy atom. The highest BCUT2D eigenvalue weighted by Crippen LogP contribution is 2.16. The molecule has 0 saturated carbocycles. The summed E-state index contributed by atoms with van der Waals surface area (Å²) in [6.07, 6.45) is 1.71. The van der Waals surface area contributed by atoms with Gasteiger partial charge in [-0.2, -0.15) is 0 Å². The number of hydrogen-bond acceptors (Lipinski definition) is 2. The van der Waals surface area contributed by atoms with Gasteiger partial charge in [0.1, 0.15) is 5.76 Å². The molecule has 0 aliphatic rings. The van der Waals surface area contributed by atoms with Gasteiger partial charge >= 0.3 is 0 Å². The van der Waals surface area contributed by atoms with Crippen molar-refractivity contribution < 1.29 is 4.42 Å². The van der Waals surface area contributed by atoms with Gasteiger partial charge in [-0.05, 0) is 36.8 Å². The summed E-state index contributed by atoms with van der Waals surface area (Å²) in [6, 6.07) is 12.4. The largest absolute Gasteiger partial charge is 0.467 e. The lowest BCUT2D eigenvalue weighted by Crippen LogP contribution is -2.15. The first-order valence-corrected chi connectivity index (χ1v) is 5.06. The van der Waals surface area contributed by atoms with Crippen molar-refractivity contribution >= 4 is 5.69 Å². The van der Waals surface area contributed by atoms with Crippen LogP contribution in [0.5, 0.6) is 0 Å². The summed E-state index contributed by atoms with van der Waals surface area (Å²) in [6.45, 7) is 2.90. The van der Waals surface area contributed by atoms with E-state index in [9.17, 15) is 0 Å². The average molecular weight is 201 g/mol. The lowest BCUT2D eigenvalue weighted by molar-refractivity contribution is 0.507. The first-order chi connectivity index (χ1) is 7.25. The third-order valence-electron chi connectivity index (χ3n) is 2.42. The Bertz CT molecular complexity index is 420. The molecule has 0 fully saturated rings. The third kappa shape index (κ3) is 2.40. The molecule has 2 nitrogen and oxygen atoms in total. The normalized spacial score (nSPS) is 10.3. The smallest absolute Gasteiger partial charge is 0.123 e. The molecule has 1 heterocycles. The number of furan rings is 1. The summed E-state index contributed by atoms with van der Waals surface area (Å²) < 4.78 is 5.31. The van der Waals surface area contributed by atoms with Crippen molar-refractivity contribution in [3.8, 4) is 0 Å². The van der Waals surface area contributed by atoms with Gasteiger partial charge in [0.15, 0.2) is 0 Å². The van der Waals surface area contributed by atoms with Gasteiger partial charge in [-0.1, -0.05) is 12.1 Å². The fourth-order valence-electron chi connectivity index (χ4n) is 1.59. The van der Waals surface area contributed by atoms with E-state index in [0.717, 1.165) is 12.3 Å². The number of anilines is 1. The van der Waals surface area contributed by atoms with Crippen molar-refractivity contribution in [3.05, 3.63) is 54.0 Å². The highest BCUT2D eigenvalue weighted by molar-refractivity contribution is 5.47. The highest BCUT2D eigenvalue weighted by atomic mass is 16.3. The van der Waals surface area contributed by atoms with Crippen molar-refractivity contribution in [2.24, 2.45) is 0 Å². The molecule has 0 N–H and O–H groups in total. The molecule has 0 radical (unpaired) electrons. The molecule has 0 spiro atoms. The van der Waals surface area contributed by atoms with E-state index >= 15 is 0 Å². The van der Waals surface area contributed by atoms with Crippen LogP contribution in [0.15, 0.2) is 47.1 Å². The summed E-state index contributed by atoms with van der Waals surface area (Å²) in [4.78, 5) is 2.17. The maximum absolute atomic E-state index is 5.31. The number of benzene rings is 1. The van der Waals surface area contributed by atoms with E-state index in [-0.39, 0.29) is 0 Å². The quantitative estimate of drug-likeness (QED) is 0.758. The van der Waals surface area contributed by atoms with Gasteiger partial charge in [0.25, 0.3) is 0 Å². The summed E-state index contributed by atoms with van der Waals surface area (Å²) >= 11 is 0. The topological polar surface area (TPSA) is 16.4 Å². The second-order valence-corrected chi connectivity index (χ2v) is 3.77. The Morgan fingerprint density at radius 2 is 2.07 bits per heavy atom. The molecule has 0 atom stereocenters. The van der Waals surface area contributed by atoms with Crippen LogP contribution in [0.25, 0.3) is 0 Å². The van der Waals surface area contributed by atoms with E-state index in [0.29, 0.717) is 0 Å². The van der Waals surface area contributed by atoms with Crippen molar-refractivity contribution in [1.82, 2.24) is 0 Å². The summed E-state index contributed by atoms with van der Waals surface area (Å²) in [5.74, 6) is 0.985. The second kappa shape index (κ2) is 4.22. The van der Waals surface area contributed by atoms with Crippen LogP contribution in [-0.4, -0.2) is 7.05 Å². The second-order valence-electron chi connectivity index (χ2n) is 3.77. The van der Waals surface area contributed by atoms with Gasteiger partial charge in [-0.3, -0.25) is 0 Å². The molecule has 0 aliphatic heterocycles. The van der Waals surface area contributed by atoms with Gasteiger partial charge in [-0.25, -0.2) is 0 Å². The summed E-state index contributed by atoms with van der Waals surface area (Å²) in [5, 5.41) is 0. The zero-order chi connectivity index (χ0) is 10.7. The van der Waals surface area contributed by atoms with Gasteiger partial charge in [0.05, 0.1) is 12.8 Å². The zero-order valence-electron chi connectivity index (χ0n) is 9.10. The van der Waals surface area contributed by atoms with Crippen LogP contribution < -0.4 is 4.90 Å². The summed E-state index contributed by atoms with van der Waals surface area (Å²) in [5.41, 5.74) is 2.49. The van der Waals surface area contributed by atoms with Crippen molar-refractivity contribution in [3.63, 3.8) is 0 Å². The monoisotopic (exact) mass is 201 g/mol. The standard InChI is InChI=1S/C13H15NO/c1-11-5-3-6-12(9-11)14(2)10-13-7-4-8-15-13/h3-9H,10H2,1-2H3. The van der Waals surface area contributed by atoms with Crippen molar-refractivity contribution in [2.75, 3.05) is 11.9 Å². The minimum atomic E-state index is 0.802. The molecular formula is C13H15NO. The van der Waals surface area contributed by atoms with Gasteiger partial charge < -0.3 is 9.32 Å². The molecule has 1 aromatic heterocycles. The number of hydrogen-bond donors (Lipinski definition) is 0. The number of nitrogens with zero attached hydrogens (tertiary/aromatic N) is 1. The fraction of sp³-hybridized carbons (Fsp3) is 0.231. The number of aryl methyl sites for hydroxylation is 1. The zero-order valence-corrected chi connectivity index (χ0v) is 9.10. The predicted molar refractivity (Wildman–Crippen MR) is 62.0 cm³/mol. The Hall–Kier alpha value is -1.70. The molecule has 0 amide bonds. The minimum absolute atomic E-state index is 0.802. The minimum Gasteiger partial charge on any atom is -0.467 e. The SMILES string of the molecule is Cc1cccc(N(C)Cc2ccco2)c1. The fourth-order valence-corrected chi connectivity index (χ4v) is 1.59. The molecule has 0 unspecified atom stereocenters. The van der Waals surface area contributed by atoms with Crippen LogP contribution in [-0.2, 0) is 6.54 Å². The molecule has 0 bridgehead atoms. The van der Waals surface area contributed by atoms with E-state index in [1.54, 1.807) is 6.26 Å². The van der Waals surface area contributed by atoms with Crippen LogP contribution in [0.1, 0.15) is 11.3 Å². The van der Waals surface area contributed by atoms with Crippen molar-refractivity contribution in [2.45, 2.75) is 13.5 Å². The van der Waals surface area contributed by atoms with Crippen LogP contribution in [0, 0.1) is 6.92 Å². The van der Waals surface area contributed by atoms with E-state index in [2.05, 4.69) is 43.1 Å².